The number of rotatable bonds is 15. The Morgan fingerprint density at radius 2 is 1.55 bits per heavy atom. The van der Waals surface area contributed by atoms with Crippen LogP contribution in [0.1, 0.15) is 25.8 Å². The van der Waals surface area contributed by atoms with E-state index in [0.717, 1.165) is 4.31 Å². The van der Waals surface area contributed by atoms with Gasteiger partial charge in [0, 0.05) is 30.2 Å². The molecule has 11 nitrogen and oxygen atoms in total. The number of halogens is 1. The molecule has 13 heteroatoms. The van der Waals surface area contributed by atoms with Crippen LogP contribution in [0.15, 0.2) is 65.6 Å². The summed E-state index contributed by atoms with van der Waals surface area (Å²) in [5, 5.41) is 3.20. The Labute approximate surface area is 263 Å². The van der Waals surface area contributed by atoms with Gasteiger partial charge in [0.05, 0.1) is 39.0 Å². The zero-order valence-electron chi connectivity index (χ0n) is 25.6. The van der Waals surface area contributed by atoms with Gasteiger partial charge in [-0.25, -0.2) is 8.42 Å². The van der Waals surface area contributed by atoms with Crippen LogP contribution in [-0.2, 0) is 26.2 Å². The SMILES string of the molecule is CCCNC(=O)[C@H](C)N(Cc1ccccc1Cl)C(=O)CN(c1cc(OC)ccc1OC)S(=O)(=O)c1ccc(OC)c(OC)c1. The molecule has 0 spiro atoms. The van der Waals surface area contributed by atoms with Gasteiger partial charge >= 0.3 is 0 Å². The second-order valence-corrected chi connectivity index (χ2v) is 11.9. The highest BCUT2D eigenvalue weighted by Gasteiger charge is 2.34. The molecule has 0 fully saturated rings. The van der Waals surface area contributed by atoms with Crippen LogP contribution in [0.2, 0.25) is 5.02 Å². The van der Waals surface area contributed by atoms with Gasteiger partial charge in [-0.3, -0.25) is 13.9 Å². The minimum Gasteiger partial charge on any atom is -0.497 e. The van der Waals surface area contributed by atoms with Crippen molar-refractivity contribution in [3.8, 4) is 23.0 Å². The third kappa shape index (κ3) is 7.86. The van der Waals surface area contributed by atoms with E-state index in [-0.39, 0.29) is 34.5 Å². The molecule has 0 aliphatic carbocycles. The van der Waals surface area contributed by atoms with Crippen LogP contribution in [0, 0.1) is 0 Å². The smallest absolute Gasteiger partial charge is 0.265 e. The van der Waals surface area contributed by atoms with E-state index in [2.05, 4.69) is 5.32 Å². The van der Waals surface area contributed by atoms with Gasteiger partial charge in [0.15, 0.2) is 11.5 Å². The van der Waals surface area contributed by atoms with Gasteiger partial charge in [-0.1, -0.05) is 36.7 Å². The predicted octanol–water partition coefficient (Wildman–Crippen LogP) is 4.51. The zero-order valence-corrected chi connectivity index (χ0v) is 27.2. The molecule has 0 aromatic heterocycles. The van der Waals surface area contributed by atoms with Crippen LogP contribution in [0.3, 0.4) is 0 Å². The molecule has 0 radical (unpaired) electrons. The highest BCUT2D eigenvalue weighted by Crippen LogP contribution is 2.38. The molecule has 3 rings (SSSR count). The molecular formula is C31H38ClN3O8S. The highest BCUT2D eigenvalue weighted by atomic mass is 35.5. The van der Waals surface area contributed by atoms with Crippen LogP contribution in [0.25, 0.3) is 0 Å². The van der Waals surface area contributed by atoms with E-state index < -0.39 is 28.5 Å². The van der Waals surface area contributed by atoms with Crippen molar-refractivity contribution < 1.29 is 37.0 Å². The number of amides is 2. The van der Waals surface area contributed by atoms with Crippen LogP contribution in [-0.4, -0.2) is 72.7 Å². The van der Waals surface area contributed by atoms with Gasteiger partial charge in [0.25, 0.3) is 10.0 Å². The number of carbonyl (C=O) groups excluding carboxylic acids is 2. The Kier molecular flexibility index (Phi) is 12.1. The normalized spacial score (nSPS) is 11.7. The Hall–Kier alpha value is -4.16. The van der Waals surface area contributed by atoms with Gasteiger partial charge in [-0.15, -0.1) is 0 Å². The number of nitrogens with zero attached hydrogens (tertiary/aromatic N) is 2. The van der Waals surface area contributed by atoms with E-state index in [1.54, 1.807) is 37.3 Å². The standard InChI is InChI=1S/C31H38ClN3O8S/c1-7-16-33-31(37)21(2)34(19-22-10-8-9-11-25(22)32)30(36)20-35(26-17-23(40-3)12-14-27(26)41-4)44(38,39)24-13-15-28(42-5)29(18-24)43-6/h8-15,17-18,21H,7,16,19-20H2,1-6H3,(H,33,37)/t21-/m0/s1. The summed E-state index contributed by atoms with van der Waals surface area (Å²) < 4.78 is 51.1. The van der Waals surface area contributed by atoms with E-state index >= 15 is 0 Å². The van der Waals surface area contributed by atoms with Crippen LogP contribution >= 0.6 is 11.6 Å². The number of carbonyl (C=O) groups is 2. The Morgan fingerprint density at radius 1 is 0.886 bits per heavy atom. The molecule has 0 aliphatic rings. The lowest BCUT2D eigenvalue weighted by Crippen LogP contribution is -2.51. The molecule has 238 valence electrons. The number of benzene rings is 3. The Bertz CT molecular complexity index is 1570. The van der Waals surface area contributed by atoms with Gasteiger partial charge < -0.3 is 29.2 Å². The Morgan fingerprint density at radius 3 is 2.16 bits per heavy atom. The summed E-state index contributed by atoms with van der Waals surface area (Å²) in [6.07, 6.45) is 0.698. The lowest BCUT2D eigenvalue weighted by Gasteiger charge is -2.32. The number of sulfonamides is 1. The molecule has 0 saturated carbocycles. The molecule has 0 bridgehead atoms. The number of nitrogens with one attached hydrogen (secondary N) is 1. The van der Waals surface area contributed by atoms with Crippen molar-refractivity contribution >= 4 is 39.1 Å². The molecule has 1 N–H and O–H groups in total. The van der Waals surface area contributed by atoms with Gasteiger partial charge in [-0.2, -0.15) is 0 Å². The molecule has 2 amide bonds. The molecule has 0 heterocycles. The number of hydrogen-bond donors (Lipinski definition) is 1. The van der Waals surface area contributed by atoms with Crippen molar-refractivity contribution in [1.29, 1.82) is 0 Å². The van der Waals surface area contributed by atoms with Gasteiger partial charge in [0.2, 0.25) is 11.8 Å². The topological polar surface area (TPSA) is 124 Å². The number of anilines is 1. The van der Waals surface area contributed by atoms with Crippen LogP contribution in [0.5, 0.6) is 23.0 Å². The van der Waals surface area contributed by atoms with Crippen LogP contribution in [0.4, 0.5) is 5.69 Å². The average Bonchev–Trinajstić information content (AvgIpc) is 3.04. The van der Waals surface area contributed by atoms with E-state index in [1.165, 1.54) is 63.7 Å². The number of methoxy groups -OCH3 is 4. The Balaban J connectivity index is 2.17. The third-order valence-corrected chi connectivity index (χ3v) is 9.02. The van der Waals surface area contributed by atoms with Crippen molar-refractivity contribution in [2.24, 2.45) is 0 Å². The molecule has 3 aromatic carbocycles. The van der Waals surface area contributed by atoms with E-state index in [9.17, 15) is 18.0 Å². The lowest BCUT2D eigenvalue weighted by molar-refractivity contribution is -0.139. The highest BCUT2D eigenvalue weighted by molar-refractivity contribution is 7.92. The third-order valence-electron chi connectivity index (χ3n) is 6.89. The van der Waals surface area contributed by atoms with E-state index in [1.807, 2.05) is 6.92 Å². The monoisotopic (exact) mass is 647 g/mol. The fourth-order valence-corrected chi connectivity index (χ4v) is 6.03. The lowest BCUT2D eigenvalue weighted by atomic mass is 10.1. The summed E-state index contributed by atoms with van der Waals surface area (Å²) in [5.74, 6) is -0.0292. The first-order valence-electron chi connectivity index (χ1n) is 13.8. The molecule has 3 aromatic rings. The first kappa shape index (κ1) is 34.3. The average molecular weight is 648 g/mol. The molecule has 0 unspecified atom stereocenters. The number of hydrogen-bond acceptors (Lipinski definition) is 8. The van der Waals surface area contributed by atoms with E-state index in [4.69, 9.17) is 30.5 Å². The minimum absolute atomic E-state index is 0.0429. The zero-order chi connectivity index (χ0) is 32.4. The largest absolute Gasteiger partial charge is 0.497 e. The maximum absolute atomic E-state index is 14.3. The summed E-state index contributed by atoms with van der Waals surface area (Å²) >= 11 is 6.42. The fraction of sp³-hybridized carbons (Fsp3) is 0.355. The quantitative estimate of drug-likeness (QED) is 0.256. The first-order valence-corrected chi connectivity index (χ1v) is 15.6. The molecule has 1 atom stereocenters. The maximum atomic E-state index is 14.3. The summed E-state index contributed by atoms with van der Waals surface area (Å²) in [5.41, 5.74) is 0.640. The van der Waals surface area contributed by atoms with Crippen molar-refractivity contribution in [3.05, 3.63) is 71.2 Å². The van der Waals surface area contributed by atoms with Crippen molar-refractivity contribution in [1.82, 2.24) is 10.2 Å². The van der Waals surface area contributed by atoms with E-state index in [0.29, 0.717) is 35.1 Å². The van der Waals surface area contributed by atoms with Crippen molar-refractivity contribution in [3.63, 3.8) is 0 Å². The molecule has 0 saturated heterocycles. The van der Waals surface area contributed by atoms with Crippen LogP contribution < -0.4 is 28.6 Å². The van der Waals surface area contributed by atoms with Crippen molar-refractivity contribution in [2.45, 2.75) is 37.8 Å². The summed E-state index contributed by atoms with van der Waals surface area (Å²) in [4.78, 5) is 28.4. The maximum Gasteiger partial charge on any atom is 0.265 e. The summed E-state index contributed by atoms with van der Waals surface area (Å²) in [7, 11) is 1.19. The number of ether oxygens (including phenoxy) is 4. The second kappa shape index (κ2) is 15.5. The predicted molar refractivity (Wildman–Crippen MR) is 168 cm³/mol. The molecule has 0 aliphatic heterocycles. The fourth-order valence-electron chi connectivity index (χ4n) is 4.40. The summed E-state index contributed by atoms with van der Waals surface area (Å²) in [6.45, 7) is 3.18. The molecule has 44 heavy (non-hydrogen) atoms. The summed E-state index contributed by atoms with van der Waals surface area (Å²) in [6, 6.07) is 14.7. The second-order valence-electron chi connectivity index (χ2n) is 9.65. The first-order chi connectivity index (χ1) is 21.0. The minimum atomic E-state index is -4.45. The molecular weight excluding hydrogens is 610 g/mol. The van der Waals surface area contributed by atoms with Gasteiger partial charge in [0.1, 0.15) is 24.1 Å². The van der Waals surface area contributed by atoms with Gasteiger partial charge in [-0.05, 0) is 49.2 Å². The van der Waals surface area contributed by atoms with Crippen molar-refractivity contribution in [2.75, 3.05) is 45.8 Å².